The van der Waals surface area contributed by atoms with Crippen LogP contribution in [0.4, 0.5) is 0 Å². The van der Waals surface area contributed by atoms with Crippen molar-refractivity contribution in [1.29, 1.82) is 0 Å². The lowest BCUT2D eigenvalue weighted by atomic mass is 10.0. The predicted octanol–water partition coefficient (Wildman–Crippen LogP) is 24.1. The van der Waals surface area contributed by atoms with Crippen LogP contribution in [0.3, 0.4) is 0 Å². The molecule has 2 atom stereocenters. The molecule has 0 aromatic heterocycles. The van der Waals surface area contributed by atoms with E-state index in [1.165, 1.54) is 353 Å². The molecular weight excluding hydrogens is 995 g/mol. The van der Waals surface area contributed by atoms with Crippen molar-refractivity contribution in [3.05, 3.63) is 24.3 Å². The molecule has 81 heavy (non-hydrogen) atoms. The number of esters is 1. The zero-order valence-corrected chi connectivity index (χ0v) is 55.0. The average Bonchev–Trinajstić information content (AvgIpc) is 3.47. The number of nitrogens with one attached hydrogen (secondary N) is 1. The van der Waals surface area contributed by atoms with E-state index < -0.39 is 12.1 Å². The zero-order chi connectivity index (χ0) is 58.5. The summed E-state index contributed by atoms with van der Waals surface area (Å²) in [5, 5.41) is 23.3. The molecule has 6 heteroatoms. The van der Waals surface area contributed by atoms with Crippen molar-refractivity contribution in [3.63, 3.8) is 0 Å². The molecule has 0 aromatic rings. The maximum Gasteiger partial charge on any atom is 0.305 e. The Hall–Kier alpha value is -1.66. The van der Waals surface area contributed by atoms with Gasteiger partial charge in [0.25, 0.3) is 0 Å². The summed E-state index contributed by atoms with van der Waals surface area (Å²) >= 11 is 0. The van der Waals surface area contributed by atoms with E-state index >= 15 is 0 Å². The van der Waals surface area contributed by atoms with Gasteiger partial charge in [0.15, 0.2) is 0 Å². The Bertz CT molecular complexity index is 1270. The molecule has 480 valence electrons. The van der Waals surface area contributed by atoms with Gasteiger partial charge in [0, 0.05) is 12.8 Å². The van der Waals surface area contributed by atoms with Crippen LogP contribution >= 0.6 is 0 Å². The van der Waals surface area contributed by atoms with E-state index in [2.05, 4.69) is 31.3 Å². The van der Waals surface area contributed by atoms with Gasteiger partial charge in [-0.2, -0.15) is 0 Å². The molecule has 0 saturated carbocycles. The summed E-state index contributed by atoms with van der Waals surface area (Å²) in [7, 11) is 0. The van der Waals surface area contributed by atoms with Crippen molar-refractivity contribution in [2.45, 2.75) is 431 Å². The number of unbranched alkanes of at least 4 members (excludes halogenated alkanes) is 57. The first-order valence-corrected chi connectivity index (χ1v) is 37.1. The van der Waals surface area contributed by atoms with Crippen LogP contribution in [0.1, 0.15) is 418 Å². The third-order valence-electron chi connectivity index (χ3n) is 17.5. The van der Waals surface area contributed by atoms with Crippen molar-refractivity contribution < 1.29 is 24.5 Å². The minimum absolute atomic E-state index is 0.0188. The molecule has 0 spiro atoms. The van der Waals surface area contributed by atoms with Crippen LogP contribution in [0.2, 0.25) is 0 Å². The zero-order valence-electron chi connectivity index (χ0n) is 55.0. The van der Waals surface area contributed by atoms with Gasteiger partial charge in [0.2, 0.25) is 5.91 Å². The molecule has 6 nitrogen and oxygen atoms in total. The van der Waals surface area contributed by atoms with Gasteiger partial charge in [-0.05, 0) is 57.8 Å². The van der Waals surface area contributed by atoms with Gasteiger partial charge in [-0.15, -0.1) is 0 Å². The molecule has 0 aliphatic heterocycles. The number of aliphatic hydroxyl groups is 2. The second-order valence-electron chi connectivity index (χ2n) is 25.6. The first-order valence-electron chi connectivity index (χ1n) is 37.1. The van der Waals surface area contributed by atoms with Gasteiger partial charge in [-0.3, -0.25) is 9.59 Å². The van der Waals surface area contributed by atoms with Crippen LogP contribution in [0.5, 0.6) is 0 Å². The highest BCUT2D eigenvalue weighted by Crippen LogP contribution is 2.19. The smallest absolute Gasteiger partial charge is 0.305 e. The monoisotopic (exact) mass is 1140 g/mol. The summed E-state index contributed by atoms with van der Waals surface area (Å²) in [5.41, 5.74) is 0. The van der Waals surface area contributed by atoms with E-state index in [4.69, 9.17) is 4.74 Å². The SMILES string of the molecule is CCCCCCCCCCCCCCCCCCCCC/C=C/C(O)C(CO)NC(=O)CCCCCCCCCCCCCCCCC/C=C\CCCCCCCCCCCCCCOC(=O)CCCCCCCCCCCCCC. The maximum atomic E-state index is 12.5. The molecule has 0 aliphatic carbocycles. The lowest BCUT2D eigenvalue weighted by Crippen LogP contribution is -2.45. The number of ether oxygens (including phenoxy) is 1. The average molecular weight is 1140 g/mol. The fraction of sp³-hybridized carbons (Fsp3) is 0.920. The summed E-state index contributed by atoms with van der Waals surface area (Å²) in [6.07, 6.45) is 89.9. The summed E-state index contributed by atoms with van der Waals surface area (Å²) in [6.45, 7) is 4.95. The van der Waals surface area contributed by atoms with Gasteiger partial charge < -0.3 is 20.3 Å². The van der Waals surface area contributed by atoms with E-state index in [-0.39, 0.29) is 18.5 Å². The molecule has 1 amide bonds. The Kier molecular flexibility index (Phi) is 69.4. The fourth-order valence-corrected chi connectivity index (χ4v) is 11.8. The topological polar surface area (TPSA) is 95.9 Å². The quantitative estimate of drug-likeness (QED) is 0.0320. The van der Waals surface area contributed by atoms with Gasteiger partial charge >= 0.3 is 5.97 Å². The molecule has 0 saturated heterocycles. The van der Waals surface area contributed by atoms with Crippen LogP contribution in [0.15, 0.2) is 24.3 Å². The molecule has 3 N–H and O–H groups in total. The molecule has 0 bridgehead atoms. The van der Waals surface area contributed by atoms with Crippen LogP contribution in [0, 0.1) is 0 Å². The Morgan fingerprint density at radius 2 is 0.580 bits per heavy atom. The highest BCUT2D eigenvalue weighted by atomic mass is 16.5. The molecular formula is C75H145NO5. The van der Waals surface area contributed by atoms with Crippen molar-refractivity contribution in [1.82, 2.24) is 5.32 Å². The van der Waals surface area contributed by atoms with E-state index in [1.807, 2.05) is 6.08 Å². The Morgan fingerprint density at radius 1 is 0.333 bits per heavy atom. The van der Waals surface area contributed by atoms with Crippen molar-refractivity contribution in [2.75, 3.05) is 13.2 Å². The minimum Gasteiger partial charge on any atom is -0.466 e. The highest BCUT2D eigenvalue weighted by Gasteiger charge is 2.18. The van der Waals surface area contributed by atoms with Gasteiger partial charge in [0.05, 0.1) is 25.4 Å². The normalized spacial score (nSPS) is 12.6. The molecule has 2 unspecified atom stereocenters. The van der Waals surface area contributed by atoms with Gasteiger partial charge in [-0.25, -0.2) is 0 Å². The minimum atomic E-state index is -0.844. The Morgan fingerprint density at radius 3 is 0.877 bits per heavy atom. The maximum absolute atomic E-state index is 12.5. The number of hydrogen-bond donors (Lipinski definition) is 3. The predicted molar refractivity (Wildman–Crippen MR) is 356 cm³/mol. The van der Waals surface area contributed by atoms with Crippen molar-refractivity contribution >= 4 is 11.9 Å². The standard InChI is InChI=1S/C75H145NO5/c1-3-5-7-9-11-13-15-17-18-19-20-32-35-38-41-44-47-51-55-59-63-67-73(78)72(71-77)76-74(79)68-64-60-56-52-48-45-42-39-36-33-30-28-26-24-22-21-23-25-27-29-31-34-37-40-43-46-50-54-58-62-66-70-81-75(80)69-65-61-57-53-49-16-14-12-10-8-6-4-2/h23,25,63,67,72-73,77-78H,3-22,24,26-62,64-66,68-71H2,1-2H3,(H,76,79)/b25-23-,67-63+. The fourth-order valence-electron chi connectivity index (χ4n) is 11.8. The summed E-state index contributed by atoms with van der Waals surface area (Å²) < 4.78 is 5.48. The van der Waals surface area contributed by atoms with Gasteiger partial charge in [0.1, 0.15) is 0 Å². The molecule has 0 aromatic carbocycles. The first-order chi connectivity index (χ1) is 40.0. The molecule has 0 heterocycles. The van der Waals surface area contributed by atoms with E-state index in [0.29, 0.717) is 19.4 Å². The van der Waals surface area contributed by atoms with Crippen molar-refractivity contribution in [2.24, 2.45) is 0 Å². The number of allylic oxidation sites excluding steroid dienone is 3. The molecule has 0 rings (SSSR count). The number of carbonyl (C=O) groups is 2. The lowest BCUT2D eigenvalue weighted by molar-refractivity contribution is -0.143. The van der Waals surface area contributed by atoms with E-state index in [9.17, 15) is 19.8 Å². The van der Waals surface area contributed by atoms with E-state index in [0.717, 1.165) is 38.5 Å². The van der Waals surface area contributed by atoms with Crippen LogP contribution in [-0.2, 0) is 14.3 Å². The Balaban J connectivity index is 3.38. The number of carbonyl (C=O) groups excluding carboxylic acids is 2. The highest BCUT2D eigenvalue weighted by molar-refractivity contribution is 5.76. The molecule has 0 radical (unpaired) electrons. The third-order valence-corrected chi connectivity index (χ3v) is 17.5. The number of rotatable bonds is 70. The van der Waals surface area contributed by atoms with E-state index in [1.54, 1.807) is 6.08 Å². The second-order valence-corrected chi connectivity index (χ2v) is 25.6. The first kappa shape index (κ1) is 79.3. The number of aliphatic hydroxyl groups excluding tert-OH is 2. The van der Waals surface area contributed by atoms with Crippen LogP contribution < -0.4 is 5.32 Å². The molecule has 0 aliphatic rings. The lowest BCUT2D eigenvalue weighted by Gasteiger charge is -2.20. The van der Waals surface area contributed by atoms with Crippen LogP contribution in [-0.4, -0.2) is 47.4 Å². The number of amides is 1. The third kappa shape index (κ3) is 67.3. The summed E-state index contributed by atoms with van der Waals surface area (Å²) in [4.78, 5) is 24.6. The second kappa shape index (κ2) is 70.8. The van der Waals surface area contributed by atoms with Gasteiger partial charge in [-0.1, -0.05) is 372 Å². The summed E-state index contributed by atoms with van der Waals surface area (Å²) in [5.74, 6) is -0.0426. The van der Waals surface area contributed by atoms with Crippen molar-refractivity contribution in [3.8, 4) is 0 Å². The number of hydrogen-bond acceptors (Lipinski definition) is 5. The van der Waals surface area contributed by atoms with Crippen LogP contribution in [0.25, 0.3) is 0 Å². The largest absolute Gasteiger partial charge is 0.466 e. The molecule has 0 fully saturated rings. The summed E-state index contributed by atoms with van der Waals surface area (Å²) in [6, 6.07) is -0.627. The Labute approximate surface area is 507 Å².